The van der Waals surface area contributed by atoms with Crippen LogP contribution >= 0.6 is 0 Å². The van der Waals surface area contributed by atoms with Gasteiger partial charge in [-0.1, -0.05) is 39.8 Å². The highest BCUT2D eigenvalue weighted by Gasteiger charge is 2.13. The fourth-order valence-electron chi connectivity index (χ4n) is 2.12. The molecule has 2 aromatic rings. The van der Waals surface area contributed by atoms with Gasteiger partial charge < -0.3 is 0 Å². The van der Waals surface area contributed by atoms with Crippen molar-refractivity contribution < 1.29 is 4.39 Å². The van der Waals surface area contributed by atoms with E-state index in [0.29, 0.717) is 11.6 Å². The Bertz CT molecular complexity index is 544. The second-order valence-corrected chi connectivity index (χ2v) is 5.08. The van der Waals surface area contributed by atoms with E-state index in [-0.39, 0.29) is 11.7 Å². The Morgan fingerprint density at radius 1 is 1.06 bits per heavy atom. The van der Waals surface area contributed by atoms with Gasteiger partial charge in [0.25, 0.3) is 0 Å². The largest absolute Gasteiger partial charge is 0.249 e. The normalized spacial score (nSPS) is 11.7. The lowest BCUT2D eigenvalue weighted by molar-refractivity contribution is 0.588. The number of benzene rings is 1. The first-order valence-corrected chi connectivity index (χ1v) is 6.09. The summed E-state index contributed by atoms with van der Waals surface area (Å²) in [5, 5.41) is 0.935. The molecule has 0 saturated heterocycles. The molecule has 0 aliphatic heterocycles. The van der Waals surface area contributed by atoms with Gasteiger partial charge in [0, 0.05) is 5.39 Å². The molecule has 1 heterocycles. The van der Waals surface area contributed by atoms with E-state index < -0.39 is 0 Å². The lowest BCUT2D eigenvalue weighted by Crippen LogP contribution is -2.00. The quantitative estimate of drug-likeness (QED) is 0.734. The summed E-state index contributed by atoms with van der Waals surface area (Å²) in [4.78, 5) is 4.44. The van der Waals surface area contributed by atoms with E-state index >= 15 is 0 Å². The highest BCUT2D eigenvalue weighted by atomic mass is 19.1. The smallest absolute Gasteiger partial charge is 0.145 e. The number of rotatable bonds is 2. The zero-order chi connectivity index (χ0) is 12.6. The molecule has 0 amide bonds. The van der Waals surface area contributed by atoms with Crippen molar-refractivity contribution in [3.05, 3.63) is 41.3 Å². The molecule has 90 valence electrons. The van der Waals surface area contributed by atoms with Crippen LogP contribution in [0.4, 0.5) is 4.39 Å². The van der Waals surface area contributed by atoms with E-state index in [2.05, 4.69) is 18.8 Å². The van der Waals surface area contributed by atoms with Crippen LogP contribution in [0.5, 0.6) is 0 Å². The number of halogens is 1. The Morgan fingerprint density at radius 3 is 2.35 bits per heavy atom. The third kappa shape index (κ3) is 2.17. The number of hydrogen-bond acceptors (Lipinski definition) is 1. The summed E-state index contributed by atoms with van der Waals surface area (Å²) in [7, 11) is 0. The minimum absolute atomic E-state index is 0.113. The number of aromatic nitrogens is 1. The molecule has 1 nitrogen and oxygen atoms in total. The van der Waals surface area contributed by atoms with Gasteiger partial charge in [-0.2, -0.15) is 0 Å². The molecule has 1 aromatic carbocycles. The van der Waals surface area contributed by atoms with Crippen molar-refractivity contribution in [1.29, 1.82) is 0 Å². The summed E-state index contributed by atoms with van der Waals surface area (Å²) in [6.07, 6.45) is 0. The van der Waals surface area contributed by atoms with Crippen LogP contribution in [-0.4, -0.2) is 4.98 Å². The minimum Gasteiger partial charge on any atom is -0.249 e. The number of hydrogen-bond donors (Lipinski definition) is 0. The van der Waals surface area contributed by atoms with Gasteiger partial charge in [0.15, 0.2) is 0 Å². The molecule has 0 atom stereocenters. The number of fused-ring (bicyclic) bond motifs is 1. The zero-order valence-corrected chi connectivity index (χ0v) is 10.8. The molecule has 0 N–H and O–H groups in total. The monoisotopic (exact) mass is 231 g/mol. The lowest BCUT2D eigenvalue weighted by Gasteiger charge is -2.12. The Kier molecular flexibility index (Phi) is 3.14. The van der Waals surface area contributed by atoms with E-state index in [0.717, 1.165) is 16.5 Å². The number of nitrogens with zero attached hydrogens (tertiary/aromatic N) is 1. The maximum Gasteiger partial charge on any atom is 0.145 e. The molecule has 0 radical (unpaired) electrons. The third-order valence-corrected chi connectivity index (χ3v) is 3.04. The van der Waals surface area contributed by atoms with Crippen LogP contribution in [-0.2, 0) is 0 Å². The van der Waals surface area contributed by atoms with E-state index in [1.807, 2.05) is 32.0 Å². The molecule has 0 fully saturated rings. The average Bonchev–Trinajstić information content (AvgIpc) is 2.26. The summed E-state index contributed by atoms with van der Waals surface area (Å²) in [5.41, 5.74) is 2.60. The van der Waals surface area contributed by atoms with Crippen molar-refractivity contribution in [2.75, 3.05) is 0 Å². The Morgan fingerprint density at radius 2 is 1.76 bits per heavy atom. The van der Waals surface area contributed by atoms with Crippen molar-refractivity contribution >= 4 is 10.9 Å². The molecule has 0 aliphatic rings. The van der Waals surface area contributed by atoms with Crippen LogP contribution in [0, 0.1) is 5.82 Å². The van der Waals surface area contributed by atoms with Gasteiger partial charge >= 0.3 is 0 Å². The summed E-state index contributed by atoms with van der Waals surface area (Å²) in [5.74, 6) is 0.299. The summed E-state index contributed by atoms with van der Waals surface area (Å²) < 4.78 is 14.0. The topological polar surface area (TPSA) is 12.9 Å². The fraction of sp³-hybridized carbons (Fsp3) is 0.400. The summed E-state index contributed by atoms with van der Waals surface area (Å²) >= 11 is 0. The molecule has 0 spiro atoms. The van der Waals surface area contributed by atoms with Crippen LogP contribution in [0.25, 0.3) is 10.9 Å². The van der Waals surface area contributed by atoms with Crippen LogP contribution in [0.15, 0.2) is 24.3 Å². The zero-order valence-electron chi connectivity index (χ0n) is 10.8. The molecule has 0 aliphatic carbocycles. The Labute approximate surface area is 102 Å². The maximum atomic E-state index is 14.0. The van der Waals surface area contributed by atoms with Gasteiger partial charge in [0.1, 0.15) is 5.82 Å². The van der Waals surface area contributed by atoms with Gasteiger partial charge in [-0.3, -0.25) is 0 Å². The highest BCUT2D eigenvalue weighted by Crippen LogP contribution is 2.27. The second kappa shape index (κ2) is 4.44. The van der Waals surface area contributed by atoms with Gasteiger partial charge in [-0.05, 0) is 29.5 Å². The van der Waals surface area contributed by atoms with Crippen molar-refractivity contribution in [3.8, 4) is 0 Å². The predicted molar refractivity (Wildman–Crippen MR) is 69.9 cm³/mol. The first kappa shape index (κ1) is 12.0. The van der Waals surface area contributed by atoms with Gasteiger partial charge in [0.05, 0.1) is 11.2 Å². The van der Waals surface area contributed by atoms with Crippen molar-refractivity contribution in [3.63, 3.8) is 0 Å². The molecular weight excluding hydrogens is 213 g/mol. The molecule has 2 rings (SSSR count). The van der Waals surface area contributed by atoms with Gasteiger partial charge in [-0.15, -0.1) is 0 Å². The van der Waals surface area contributed by atoms with E-state index in [4.69, 9.17) is 0 Å². The van der Waals surface area contributed by atoms with Gasteiger partial charge in [0.2, 0.25) is 0 Å². The lowest BCUT2D eigenvalue weighted by atomic mass is 9.97. The third-order valence-electron chi connectivity index (χ3n) is 3.04. The molecule has 17 heavy (non-hydrogen) atoms. The van der Waals surface area contributed by atoms with Gasteiger partial charge in [-0.25, -0.2) is 9.37 Å². The molecule has 0 bridgehead atoms. The first-order chi connectivity index (χ1) is 8.00. The summed E-state index contributed by atoms with van der Waals surface area (Å²) in [6, 6.07) is 7.62. The van der Waals surface area contributed by atoms with E-state index in [9.17, 15) is 4.39 Å². The maximum absolute atomic E-state index is 14.0. The average molecular weight is 231 g/mol. The van der Waals surface area contributed by atoms with Crippen molar-refractivity contribution in [1.82, 2.24) is 4.98 Å². The predicted octanol–water partition coefficient (Wildman–Crippen LogP) is 4.62. The SMILES string of the molecule is CC(C)c1nc2cccc(C(C)C)c2cc1F. The Balaban J connectivity index is 2.73. The standard InChI is InChI=1S/C15H18FN/c1-9(2)11-6-5-7-14-12(11)8-13(16)15(17-14)10(3)4/h5-10H,1-4H3. The fourth-order valence-corrected chi connectivity index (χ4v) is 2.12. The van der Waals surface area contributed by atoms with Crippen molar-refractivity contribution in [2.45, 2.75) is 39.5 Å². The van der Waals surface area contributed by atoms with Crippen LogP contribution < -0.4 is 0 Å². The minimum atomic E-state index is -0.194. The summed E-state index contributed by atoms with van der Waals surface area (Å²) in [6.45, 7) is 8.15. The highest BCUT2D eigenvalue weighted by molar-refractivity contribution is 5.83. The number of pyridine rings is 1. The van der Waals surface area contributed by atoms with Crippen molar-refractivity contribution in [2.24, 2.45) is 0 Å². The first-order valence-electron chi connectivity index (χ1n) is 6.09. The molecule has 0 unspecified atom stereocenters. The van der Waals surface area contributed by atoms with E-state index in [1.165, 1.54) is 0 Å². The van der Waals surface area contributed by atoms with Crippen LogP contribution in [0.1, 0.15) is 50.8 Å². The molecular formula is C15H18FN. The molecule has 2 heteroatoms. The van der Waals surface area contributed by atoms with E-state index in [1.54, 1.807) is 6.07 Å². The second-order valence-electron chi connectivity index (χ2n) is 5.08. The Hall–Kier alpha value is -1.44. The van der Waals surface area contributed by atoms with Crippen LogP contribution in [0.3, 0.4) is 0 Å². The molecule has 1 aromatic heterocycles. The molecule has 0 saturated carbocycles. The van der Waals surface area contributed by atoms with Crippen LogP contribution in [0.2, 0.25) is 0 Å².